The van der Waals surface area contributed by atoms with Crippen molar-refractivity contribution >= 4 is 98.3 Å². The van der Waals surface area contributed by atoms with Crippen LogP contribution in [-0.4, -0.2) is 9.13 Å². The van der Waals surface area contributed by atoms with Crippen LogP contribution in [0, 0.1) is 0 Å². The monoisotopic (exact) mass is 758 g/mol. The van der Waals surface area contributed by atoms with Crippen molar-refractivity contribution in [3.8, 4) is 22.5 Å². The van der Waals surface area contributed by atoms with Gasteiger partial charge in [-0.1, -0.05) is 121 Å². The Labute approximate surface area is 337 Å². The molecule has 3 nitrogen and oxygen atoms in total. The van der Waals surface area contributed by atoms with Crippen LogP contribution in [0.1, 0.15) is 17.9 Å². The largest absolute Gasteiger partial charge is 0.456 e. The molecule has 1 unspecified atom stereocenters. The predicted molar refractivity (Wildman–Crippen MR) is 245 cm³/mol. The van der Waals surface area contributed by atoms with Gasteiger partial charge in [-0.2, -0.15) is 0 Å². The van der Waals surface area contributed by atoms with Crippen LogP contribution in [0.4, 0.5) is 0 Å². The van der Waals surface area contributed by atoms with Gasteiger partial charge in [0, 0.05) is 75.2 Å². The molecular formula is C54H34N2OS. The van der Waals surface area contributed by atoms with Gasteiger partial charge in [-0.05, 0) is 84.3 Å². The average Bonchev–Trinajstić information content (AvgIpc) is 4.03. The molecule has 4 heterocycles. The Balaban J connectivity index is 1.06. The summed E-state index contributed by atoms with van der Waals surface area (Å²) in [5, 5.41) is 11.4. The summed E-state index contributed by atoms with van der Waals surface area (Å²) in [6.45, 7) is 0. The molecule has 0 N–H and O–H groups in total. The zero-order valence-electron chi connectivity index (χ0n) is 31.4. The minimum absolute atomic E-state index is 0.206. The molecular weight excluding hydrogens is 725 g/mol. The number of hydrogen-bond acceptors (Lipinski definition) is 2. The van der Waals surface area contributed by atoms with Crippen molar-refractivity contribution in [3.63, 3.8) is 0 Å². The molecule has 0 fully saturated rings. The van der Waals surface area contributed by atoms with E-state index in [0.717, 1.165) is 34.0 Å². The van der Waals surface area contributed by atoms with Crippen LogP contribution in [0.2, 0.25) is 0 Å². The van der Waals surface area contributed by atoms with Crippen LogP contribution in [0.25, 0.3) is 109 Å². The molecule has 0 spiro atoms. The third-order valence-electron chi connectivity index (χ3n) is 12.4. The Morgan fingerprint density at radius 2 is 1.21 bits per heavy atom. The highest BCUT2D eigenvalue weighted by Gasteiger charge is 2.23. The third kappa shape index (κ3) is 4.55. The van der Waals surface area contributed by atoms with Gasteiger partial charge >= 0.3 is 0 Å². The lowest BCUT2D eigenvalue weighted by Gasteiger charge is -2.17. The van der Waals surface area contributed by atoms with Gasteiger partial charge in [0.1, 0.15) is 11.2 Å². The van der Waals surface area contributed by atoms with Gasteiger partial charge in [0.05, 0.1) is 21.9 Å². The molecule has 58 heavy (non-hydrogen) atoms. The molecule has 4 heteroatoms. The lowest BCUT2D eigenvalue weighted by Crippen LogP contribution is -2.32. The summed E-state index contributed by atoms with van der Waals surface area (Å²) in [7, 11) is 0. The zero-order chi connectivity index (χ0) is 37.9. The quantitative estimate of drug-likeness (QED) is 0.175. The number of hydrogen-bond donors (Lipinski definition) is 0. The summed E-state index contributed by atoms with van der Waals surface area (Å²) in [5.41, 5.74) is 11.7. The molecule has 0 radical (unpaired) electrons. The van der Waals surface area contributed by atoms with Gasteiger partial charge in [0.25, 0.3) is 0 Å². The topological polar surface area (TPSA) is 23.0 Å². The Morgan fingerprint density at radius 1 is 0.500 bits per heavy atom. The van der Waals surface area contributed by atoms with Gasteiger partial charge < -0.3 is 13.6 Å². The van der Waals surface area contributed by atoms with Crippen molar-refractivity contribution in [2.24, 2.45) is 0 Å². The van der Waals surface area contributed by atoms with E-state index in [1.54, 1.807) is 0 Å². The molecule has 12 aromatic rings. The highest BCUT2D eigenvalue weighted by atomic mass is 32.1. The zero-order valence-corrected chi connectivity index (χ0v) is 32.2. The molecule has 8 aromatic carbocycles. The lowest BCUT2D eigenvalue weighted by molar-refractivity contribution is 0.669. The van der Waals surface area contributed by atoms with E-state index in [1.165, 1.54) is 85.8 Å². The van der Waals surface area contributed by atoms with Crippen molar-refractivity contribution in [3.05, 3.63) is 192 Å². The highest BCUT2D eigenvalue weighted by Crippen LogP contribution is 2.45. The van der Waals surface area contributed by atoms with Crippen LogP contribution in [-0.2, 0) is 0 Å². The first-order valence-corrected chi connectivity index (χ1v) is 20.8. The average molecular weight is 759 g/mol. The Bertz CT molecular complexity index is 3780. The second-order valence-corrected chi connectivity index (χ2v) is 16.6. The Kier molecular flexibility index (Phi) is 6.72. The van der Waals surface area contributed by atoms with E-state index in [0.29, 0.717) is 0 Å². The fourth-order valence-corrected chi connectivity index (χ4v) is 11.1. The van der Waals surface area contributed by atoms with Crippen molar-refractivity contribution in [2.75, 3.05) is 0 Å². The maximum atomic E-state index is 6.28. The van der Waals surface area contributed by atoms with E-state index in [-0.39, 0.29) is 5.92 Å². The normalized spacial score (nSPS) is 14.2. The van der Waals surface area contributed by atoms with Crippen LogP contribution in [0.5, 0.6) is 0 Å². The number of para-hydroxylation sites is 4. The molecule has 0 aliphatic heterocycles. The van der Waals surface area contributed by atoms with Gasteiger partial charge in [-0.3, -0.25) is 0 Å². The van der Waals surface area contributed by atoms with Gasteiger partial charge in [0.2, 0.25) is 0 Å². The third-order valence-corrected chi connectivity index (χ3v) is 13.7. The second kappa shape index (κ2) is 12.2. The number of benzene rings is 8. The summed E-state index contributed by atoms with van der Waals surface area (Å²) >= 11 is 1.88. The standard InChI is InChI=1S/C54H34N2OS/c1-2-13-35(14-3-1)55-46-20-8-4-15-38(46)39-27-25-34(30-49(39)55)37-19-12-22-48-53(37)42-18-5-9-21-47(42)56(48)36-31-43(54-45(32-36)41-17-7-11-24-52(41)58-54)33-26-28-51-44(29-33)40-16-6-10-23-50(40)57-51/h1-24,26-32,34H,25H2. The lowest BCUT2D eigenvalue weighted by atomic mass is 9.89. The number of nitrogens with zero attached hydrogens (tertiary/aromatic N) is 2. The predicted octanol–water partition coefficient (Wildman–Crippen LogP) is 13.4. The minimum atomic E-state index is 0.206. The SMILES string of the molecule is C1=c2c(n(-c3ccccc3)c3ccccc23)=CC(c2cccc3c2c2ccccc2n3-c2cc(-c3ccc4oc5ccccc5c4c3)c3sc4ccccc4c3c2)C1. The summed E-state index contributed by atoms with van der Waals surface area (Å²) < 4.78 is 13.8. The molecule has 4 aromatic heterocycles. The fraction of sp³-hybridized carbons (Fsp3) is 0.0370. The molecule has 1 aliphatic rings. The summed E-state index contributed by atoms with van der Waals surface area (Å²) in [6, 6.07) is 64.3. The van der Waals surface area contributed by atoms with Crippen molar-refractivity contribution in [1.82, 2.24) is 9.13 Å². The van der Waals surface area contributed by atoms with Gasteiger partial charge in [-0.15, -0.1) is 11.3 Å². The van der Waals surface area contributed by atoms with Gasteiger partial charge in [0.15, 0.2) is 0 Å². The summed E-state index contributed by atoms with van der Waals surface area (Å²) in [4.78, 5) is 0. The number of fused-ring (bicyclic) bond motifs is 12. The van der Waals surface area contributed by atoms with Gasteiger partial charge in [-0.25, -0.2) is 0 Å². The van der Waals surface area contributed by atoms with E-state index < -0.39 is 0 Å². The molecule has 1 atom stereocenters. The van der Waals surface area contributed by atoms with E-state index in [4.69, 9.17) is 4.42 Å². The molecule has 0 saturated heterocycles. The number of aromatic nitrogens is 2. The van der Waals surface area contributed by atoms with Crippen LogP contribution < -0.4 is 10.6 Å². The van der Waals surface area contributed by atoms with Crippen LogP contribution in [0.3, 0.4) is 0 Å². The first-order valence-electron chi connectivity index (χ1n) is 20.0. The van der Waals surface area contributed by atoms with Crippen molar-refractivity contribution < 1.29 is 4.42 Å². The summed E-state index contributed by atoms with van der Waals surface area (Å²) in [6.07, 6.45) is 5.94. The molecule has 1 aliphatic carbocycles. The Hall–Kier alpha value is -7.14. The van der Waals surface area contributed by atoms with E-state index in [1.807, 2.05) is 17.4 Å². The smallest absolute Gasteiger partial charge is 0.135 e. The number of thiophene rings is 1. The highest BCUT2D eigenvalue weighted by molar-refractivity contribution is 7.26. The summed E-state index contributed by atoms with van der Waals surface area (Å²) in [5.74, 6) is 0.206. The van der Waals surface area contributed by atoms with Crippen molar-refractivity contribution in [2.45, 2.75) is 12.3 Å². The maximum absolute atomic E-state index is 6.28. The van der Waals surface area contributed by atoms with Crippen LogP contribution >= 0.6 is 11.3 Å². The molecule has 0 saturated carbocycles. The van der Waals surface area contributed by atoms with E-state index in [2.05, 4.69) is 191 Å². The Morgan fingerprint density at radius 3 is 2.09 bits per heavy atom. The molecule has 0 amide bonds. The second-order valence-electron chi connectivity index (χ2n) is 15.6. The molecule has 272 valence electrons. The number of furan rings is 1. The van der Waals surface area contributed by atoms with E-state index >= 15 is 0 Å². The first kappa shape index (κ1) is 32.0. The molecule has 13 rings (SSSR count). The first-order chi connectivity index (χ1) is 28.8. The maximum Gasteiger partial charge on any atom is 0.135 e. The minimum Gasteiger partial charge on any atom is -0.456 e. The fourth-order valence-electron chi connectivity index (χ4n) is 9.92. The van der Waals surface area contributed by atoms with Crippen LogP contribution in [0.15, 0.2) is 180 Å². The van der Waals surface area contributed by atoms with E-state index in [9.17, 15) is 0 Å². The number of rotatable bonds is 4. The molecule has 0 bridgehead atoms. The van der Waals surface area contributed by atoms with Crippen molar-refractivity contribution in [1.29, 1.82) is 0 Å².